The molecule has 5 nitrogen and oxygen atoms in total. The maximum Gasteiger partial charge on any atom is 0.230 e. The minimum atomic E-state index is -0.0403. The van der Waals surface area contributed by atoms with Crippen molar-refractivity contribution in [1.82, 2.24) is 9.88 Å². The maximum absolute atomic E-state index is 12.2. The summed E-state index contributed by atoms with van der Waals surface area (Å²) in [5.74, 6) is -0.0403. The highest BCUT2D eigenvalue weighted by Gasteiger charge is 2.18. The smallest absolute Gasteiger partial charge is 0.230 e. The highest BCUT2D eigenvalue weighted by atomic mass is 32.1. The van der Waals surface area contributed by atoms with E-state index in [-0.39, 0.29) is 5.91 Å². The molecule has 146 valence electrons. The second-order valence-corrected chi connectivity index (χ2v) is 7.88. The van der Waals surface area contributed by atoms with Gasteiger partial charge in [0.2, 0.25) is 5.91 Å². The minimum absolute atomic E-state index is 0.0403. The minimum Gasteiger partial charge on any atom is -0.378 e. The van der Waals surface area contributed by atoms with Crippen molar-refractivity contribution in [3.63, 3.8) is 0 Å². The number of hydrogen-bond donors (Lipinski definition) is 0. The third-order valence-electron chi connectivity index (χ3n) is 4.40. The highest BCUT2D eigenvalue weighted by Crippen LogP contribution is 2.29. The Hall–Kier alpha value is -2.70. The van der Waals surface area contributed by atoms with Crippen LogP contribution in [-0.2, 0) is 17.9 Å². The Morgan fingerprint density at radius 3 is 2.21 bits per heavy atom. The monoisotopic (exact) mass is 394 g/mol. The molecule has 2 aromatic carbocycles. The molecular formula is C22H26N4OS. The molecule has 0 N–H and O–H groups in total. The molecule has 0 radical (unpaired) electrons. The molecule has 1 heterocycles. The Balaban J connectivity index is 1.67. The molecule has 0 aliphatic rings. The first-order valence-electron chi connectivity index (χ1n) is 9.19. The zero-order valence-electron chi connectivity index (χ0n) is 16.8. The molecular weight excluding hydrogens is 368 g/mol. The summed E-state index contributed by atoms with van der Waals surface area (Å²) >= 11 is 1.50. The van der Waals surface area contributed by atoms with E-state index in [1.807, 2.05) is 49.8 Å². The summed E-state index contributed by atoms with van der Waals surface area (Å²) in [6.07, 6.45) is 0. The molecule has 28 heavy (non-hydrogen) atoms. The van der Waals surface area contributed by atoms with Gasteiger partial charge < -0.3 is 4.90 Å². The van der Waals surface area contributed by atoms with Gasteiger partial charge >= 0.3 is 0 Å². The van der Waals surface area contributed by atoms with Crippen molar-refractivity contribution in [1.29, 1.82) is 0 Å². The summed E-state index contributed by atoms with van der Waals surface area (Å²) in [6, 6.07) is 18.2. The van der Waals surface area contributed by atoms with Crippen LogP contribution in [0.4, 0.5) is 16.5 Å². The molecule has 3 aromatic rings. The number of hydrogen-bond acceptors (Lipinski definition) is 5. The van der Waals surface area contributed by atoms with Gasteiger partial charge in [0.25, 0.3) is 0 Å². The number of para-hydroxylation sites is 1. The predicted molar refractivity (Wildman–Crippen MR) is 117 cm³/mol. The van der Waals surface area contributed by atoms with Gasteiger partial charge in [-0.05, 0) is 36.9 Å². The lowest BCUT2D eigenvalue weighted by atomic mass is 10.2. The Morgan fingerprint density at radius 1 is 0.929 bits per heavy atom. The standard InChI is InChI=1S/C22H26N4OS/c1-17(27)26(21-8-6-5-7-9-21)22-23-19(16-28-22)15-25(4)14-18-10-12-20(13-11-18)24(2)3/h5-13,16H,14-15H2,1-4H3. The zero-order valence-corrected chi connectivity index (χ0v) is 17.6. The van der Waals surface area contributed by atoms with Gasteiger partial charge in [-0.1, -0.05) is 30.3 Å². The van der Waals surface area contributed by atoms with Gasteiger partial charge in [-0.25, -0.2) is 4.98 Å². The first-order chi connectivity index (χ1) is 13.4. The van der Waals surface area contributed by atoms with Crippen molar-refractivity contribution < 1.29 is 4.79 Å². The molecule has 0 spiro atoms. The van der Waals surface area contributed by atoms with Crippen molar-refractivity contribution in [3.8, 4) is 0 Å². The summed E-state index contributed by atoms with van der Waals surface area (Å²) in [5.41, 5.74) is 4.26. The quantitative estimate of drug-likeness (QED) is 0.590. The number of nitrogens with zero attached hydrogens (tertiary/aromatic N) is 4. The Bertz CT molecular complexity index is 906. The fourth-order valence-electron chi connectivity index (χ4n) is 3.02. The number of carbonyl (C=O) groups excluding carboxylic acids is 1. The van der Waals surface area contributed by atoms with Crippen LogP contribution in [0.15, 0.2) is 60.0 Å². The fourth-order valence-corrected chi connectivity index (χ4v) is 3.90. The lowest BCUT2D eigenvalue weighted by Crippen LogP contribution is -2.23. The second-order valence-electron chi connectivity index (χ2n) is 7.04. The number of rotatable bonds is 7. The number of amides is 1. The molecule has 0 saturated carbocycles. The van der Waals surface area contributed by atoms with E-state index in [0.29, 0.717) is 5.13 Å². The van der Waals surface area contributed by atoms with Crippen LogP contribution < -0.4 is 9.80 Å². The molecule has 1 aromatic heterocycles. The highest BCUT2D eigenvalue weighted by molar-refractivity contribution is 7.14. The largest absolute Gasteiger partial charge is 0.378 e. The molecule has 0 saturated heterocycles. The topological polar surface area (TPSA) is 39.7 Å². The van der Waals surface area contributed by atoms with Crippen LogP contribution in [0, 0.1) is 0 Å². The summed E-state index contributed by atoms with van der Waals surface area (Å²) in [7, 11) is 6.17. The summed E-state index contributed by atoms with van der Waals surface area (Å²) in [4.78, 5) is 22.9. The Labute approximate surface area is 170 Å². The third kappa shape index (κ3) is 4.97. The lowest BCUT2D eigenvalue weighted by Gasteiger charge is -2.18. The molecule has 0 atom stereocenters. The van der Waals surface area contributed by atoms with Gasteiger partial charge in [-0.2, -0.15) is 0 Å². The van der Waals surface area contributed by atoms with E-state index in [4.69, 9.17) is 4.98 Å². The van der Waals surface area contributed by atoms with Crippen LogP contribution in [-0.4, -0.2) is 36.9 Å². The van der Waals surface area contributed by atoms with E-state index >= 15 is 0 Å². The van der Waals surface area contributed by atoms with E-state index in [1.165, 1.54) is 22.6 Å². The van der Waals surface area contributed by atoms with Crippen LogP contribution in [0.3, 0.4) is 0 Å². The van der Waals surface area contributed by atoms with E-state index in [0.717, 1.165) is 24.5 Å². The fraction of sp³-hybridized carbons (Fsp3) is 0.273. The number of thiazole rings is 1. The third-order valence-corrected chi connectivity index (χ3v) is 5.27. The molecule has 0 fully saturated rings. The molecule has 0 aliphatic carbocycles. The van der Waals surface area contributed by atoms with Crippen molar-refractivity contribution in [2.75, 3.05) is 30.9 Å². The number of aromatic nitrogens is 1. The van der Waals surface area contributed by atoms with Crippen molar-refractivity contribution in [2.24, 2.45) is 0 Å². The van der Waals surface area contributed by atoms with Gasteiger partial charge in [0, 0.05) is 45.2 Å². The number of carbonyl (C=O) groups is 1. The zero-order chi connectivity index (χ0) is 20.1. The van der Waals surface area contributed by atoms with Gasteiger partial charge in [-0.3, -0.25) is 14.6 Å². The molecule has 1 amide bonds. The van der Waals surface area contributed by atoms with Crippen LogP contribution in [0.2, 0.25) is 0 Å². The summed E-state index contributed by atoms with van der Waals surface area (Å²) in [5, 5.41) is 2.73. The SMILES string of the molecule is CC(=O)N(c1ccccc1)c1nc(CN(C)Cc2ccc(N(C)C)cc2)cs1. The van der Waals surface area contributed by atoms with Crippen molar-refractivity contribution in [3.05, 3.63) is 71.2 Å². The van der Waals surface area contributed by atoms with Gasteiger partial charge in [0.05, 0.1) is 11.4 Å². The summed E-state index contributed by atoms with van der Waals surface area (Å²) in [6.45, 7) is 3.14. The van der Waals surface area contributed by atoms with Crippen LogP contribution in [0.1, 0.15) is 18.2 Å². The van der Waals surface area contributed by atoms with Crippen LogP contribution in [0.25, 0.3) is 0 Å². The molecule has 6 heteroatoms. The van der Waals surface area contributed by atoms with E-state index in [9.17, 15) is 4.79 Å². The van der Waals surface area contributed by atoms with Crippen molar-refractivity contribution >= 4 is 33.8 Å². The van der Waals surface area contributed by atoms with Crippen molar-refractivity contribution in [2.45, 2.75) is 20.0 Å². The van der Waals surface area contributed by atoms with Gasteiger partial charge in [0.1, 0.15) is 0 Å². The second kappa shape index (κ2) is 8.99. The lowest BCUT2D eigenvalue weighted by molar-refractivity contribution is -0.115. The number of benzene rings is 2. The van der Waals surface area contributed by atoms with Gasteiger partial charge in [0.15, 0.2) is 5.13 Å². The average Bonchev–Trinajstić information content (AvgIpc) is 3.10. The summed E-state index contributed by atoms with van der Waals surface area (Å²) < 4.78 is 0. The van der Waals surface area contributed by atoms with Crippen LogP contribution in [0.5, 0.6) is 0 Å². The molecule has 3 rings (SSSR count). The van der Waals surface area contributed by atoms with Gasteiger partial charge in [-0.15, -0.1) is 11.3 Å². The molecule has 0 unspecified atom stereocenters. The van der Waals surface area contributed by atoms with E-state index < -0.39 is 0 Å². The van der Waals surface area contributed by atoms with E-state index in [2.05, 4.69) is 41.1 Å². The molecule has 0 bridgehead atoms. The first-order valence-corrected chi connectivity index (χ1v) is 10.1. The molecule has 0 aliphatic heterocycles. The normalized spacial score (nSPS) is 10.9. The first kappa shape index (κ1) is 20.0. The Morgan fingerprint density at radius 2 is 1.61 bits per heavy atom. The maximum atomic E-state index is 12.2. The van der Waals surface area contributed by atoms with E-state index in [1.54, 1.807) is 11.8 Å². The van der Waals surface area contributed by atoms with Crippen LogP contribution >= 0.6 is 11.3 Å². The number of anilines is 3. The predicted octanol–water partition coefficient (Wildman–Crippen LogP) is 4.53. The Kier molecular flexibility index (Phi) is 6.44. The average molecular weight is 395 g/mol.